The van der Waals surface area contributed by atoms with Crippen LogP contribution < -0.4 is 5.32 Å². The first-order valence-corrected chi connectivity index (χ1v) is 6.12. The van der Waals surface area contributed by atoms with Crippen molar-refractivity contribution in [3.05, 3.63) is 57.2 Å². The summed E-state index contributed by atoms with van der Waals surface area (Å²) in [6.45, 7) is 0.261. The standard InChI is InChI=1S/C12H11ClN4O3/c13-10-7-16(15-12(10)17(19)20)8-11(18)14-6-9-4-2-1-3-5-9/h1-5,7H,6,8H2,(H,14,18). The highest BCUT2D eigenvalue weighted by molar-refractivity contribution is 6.32. The summed E-state index contributed by atoms with van der Waals surface area (Å²) in [6.07, 6.45) is 1.25. The Hall–Kier alpha value is -2.41. The second kappa shape index (κ2) is 6.16. The van der Waals surface area contributed by atoms with Crippen LogP contribution in [-0.2, 0) is 17.9 Å². The third-order valence-electron chi connectivity index (χ3n) is 2.51. The quantitative estimate of drug-likeness (QED) is 0.672. The number of carbonyl (C=O) groups is 1. The van der Waals surface area contributed by atoms with Crippen LogP contribution >= 0.6 is 11.6 Å². The second-order valence-electron chi connectivity index (χ2n) is 4.02. The van der Waals surface area contributed by atoms with Gasteiger partial charge in [0.25, 0.3) is 0 Å². The van der Waals surface area contributed by atoms with Crippen molar-refractivity contribution >= 4 is 23.3 Å². The molecule has 0 saturated heterocycles. The predicted octanol–water partition coefficient (Wildman–Crippen LogP) is 1.76. The highest BCUT2D eigenvalue weighted by Gasteiger charge is 2.20. The Labute approximate surface area is 119 Å². The average molecular weight is 295 g/mol. The van der Waals surface area contributed by atoms with E-state index >= 15 is 0 Å². The smallest absolute Gasteiger partial charge is 0.358 e. The van der Waals surface area contributed by atoms with Crippen LogP contribution in [0.4, 0.5) is 5.82 Å². The number of aromatic nitrogens is 2. The Kier molecular flexibility index (Phi) is 4.31. The van der Waals surface area contributed by atoms with E-state index in [1.54, 1.807) is 0 Å². The first kappa shape index (κ1) is 14.0. The summed E-state index contributed by atoms with van der Waals surface area (Å²) in [5, 5.41) is 16.8. The van der Waals surface area contributed by atoms with E-state index in [2.05, 4.69) is 10.4 Å². The molecule has 0 atom stereocenters. The van der Waals surface area contributed by atoms with Crippen molar-refractivity contribution in [2.45, 2.75) is 13.1 Å². The predicted molar refractivity (Wildman–Crippen MR) is 72.2 cm³/mol. The fourth-order valence-electron chi connectivity index (χ4n) is 1.59. The molecule has 0 bridgehead atoms. The summed E-state index contributed by atoms with van der Waals surface area (Å²) >= 11 is 5.64. The molecule has 1 heterocycles. The molecule has 1 amide bonds. The molecule has 0 aliphatic rings. The molecule has 0 fully saturated rings. The molecule has 7 nitrogen and oxygen atoms in total. The molecule has 1 aromatic heterocycles. The fourth-order valence-corrected chi connectivity index (χ4v) is 1.81. The molecule has 0 aliphatic heterocycles. The van der Waals surface area contributed by atoms with Gasteiger partial charge in [-0.1, -0.05) is 41.9 Å². The normalized spacial score (nSPS) is 10.2. The highest BCUT2D eigenvalue weighted by atomic mass is 35.5. The van der Waals surface area contributed by atoms with Gasteiger partial charge in [-0.2, -0.15) is 4.68 Å². The lowest BCUT2D eigenvalue weighted by Crippen LogP contribution is -2.27. The van der Waals surface area contributed by atoms with Gasteiger partial charge in [0.1, 0.15) is 6.54 Å². The van der Waals surface area contributed by atoms with E-state index in [-0.39, 0.29) is 17.5 Å². The van der Waals surface area contributed by atoms with Gasteiger partial charge >= 0.3 is 5.82 Å². The number of carbonyl (C=O) groups excluding carboxylic acids is 1. The summed E-state index contributed by atoms with van der Waals surface area (Å²) in [5.74, 6) is -0.759. The molecule has 8 heteroatoms. The van der Waals surface area contributed by atoms with Crippen LogP contribution in [0.1, 0.15) is 5.56 Å². The molecule has 104 valence electrons. The van der Waals surface area contributed by atoms with Gasteiger partial charge in [0, 0.05) is 6.54 Å². The summed E-state index contributed by atoms with van der Waals surface area (Å²) in [7, 11) is 0. The summed E-state index contributed by atoms with van der Waals surface area (Å²) < 4.78 is 1.14. The number of rotatable bonds is 5. The molecule has 0 unspecified atom stereocenters. The Morgan fingerprint density at radius 3 is 2.70 bits per heavy atom. The van der Waals surface area contributed by atoms with E-state index in [0.717, 1.165) is 10.2 Å². The Balaban J connectivity index is 1.92. The first-order valence-electron chi connectivity index (χ1n) is 5.74. The molecule has 1 N–H and O–H groups in total. The van der Waals surface area contributed by atoms with Gasteiger partial charge in [-0.25, -0.2) is 0 Å². The van der Waals surface area contributed by atoms with Crippen molar-refractivity contribution in [1.29, 1.82) is 0 Å². The van der Waals surface area contributed by atoms with E-state index in [4.69, 9.17) is 11.6 Å². The average Bonchev–Trinajstić information content (AvgIpc) is 2.78. The molecule has 0 radical (unpaired) electrons. The van der Waals surface area contributed by atoms with Crippen molar-refractivity contribution in [3.63, 3.8) is 0 Å². The van der Waals surface area contributed by atoms with Gasteiger partial charge in [-0.05, 0) is 10.5 Å². The number of benzene rings is 1. The summed E-state index contributed by atoms with van der Waals surface area (Å²) in [6, 6.07) is 9.40. The number of hydrogen-bond acceptors (Lipinski definition) is 4. The Morgan fingerprint density at radius 1 is 1.40 bits per heavy atom. The third kappa shape index (κ3) is 3.55. The maximum atomic E-state index is 11.7. The molecular weight excluding hydrogens is 284 g/mol. The SMILES string of the molecule is O=C(Cn1cc(Cl)c([N+](=O)[O-])n1)NCc1ccccc1. The van der Waals surface area contributed by atoms with Gasteiger partial charge in [-0.15, -0.1) is 0 Å². The maximum absolute atomic E-state index is 11.7. The van der Waals surface area contributed by atoms with Gasteiger partial charge < -0.3 is 15.4 Å². The van der Waals surface area contributed by atoms with Crippen LogP contribution in [0.5, 0.6) is 0 Å². The number of nitrogens with zero attached hydrogens (tertiary/aromatic N) is 3. The van der Waals surface area contributed by atoms with Crippen LogP contribution in [0.15, 0.2) is 36.5 Å². The van der Waals surface area contributed by atoms with E-state index in [1.165, 1.54) is 6.20 Å². The van der Waals surface area contributed by atoms with Gasteiger partial charge in [0.15, 0.2) is 5.02 Å². The zero-order valence-corrected chi connectivity index (χ0v) is 11.1. The number of hydrogen-bond donors (Lipinski definition) is 1. The summed E-state index contributed by atoms with van der Waals surface area (Å²) in [5.41, 5.74) is 0.963. The van der Waals surface area contributed by atoms with Crippen LogP contribution in [-0.4, -0.2) is 20.6 Å². The summed E-state index contributed by atoms with van der Waals surface area (Å²) in [4.78, 5) is 21.6. The lowest BCUT2D eigenvalue weighted by atomic mass is 10.2. The van der Waals surface area contributed by atoms with Crippen molar-refractivity contribution in [3.8, 4) is 0 Å². The van der Waals surface area contributed by atoms with Gasteiger partial charge in [0.05, 0.1) is 11.3 Å². The van der Waals surface area contributed by atoms with E-state index in [9.17, 15) is 14.9 Å². The van der Waals surface area contributed by atoms with Crippen LogP contribution in [0.3, 0.4) is 0 Å². The largest absolute Gasteiger partial charge is 0.408 e. The van der Waals surface area contributed by atoms with E-state index in [1.807, 2.05) is 30.3 Å². The zero-order chi connectivity index (χ0) is 14.5. The molecule has 0 spiro atoms. The van der Waals surface area contributed by atoms with E-state index < -0.39 is 10.7 Å². The number of nitrogens with one attached hydrogen (secondary N) is 1. The number of amides is 1. The van der Waals surface area contributed by atoms with Crippen LogP contribution in [0.2, 0.25) is 5.02 Å². The molecular formula is C12H11ClN4O3. The molecule has 2 aromatic rings. The number of halogens is 1. The minimum absolute atomic E-state index is 0.0918. The number of nitro groups is 1. The van der Waals surface area contributed by atoms with Crippen molar-refractivity contribution in [2.24, 2.45) is 0 Å². The maximum Gasteiger partial charge on any atom is 0.408 e. The van der Waals surface area contributed by atoms with Crippen molar-refractivity contribution in [2.75, 3.05) is 0 Å². The Bertz CT molecular complexity index is 627. The highest BCUT2D eigenvalue weighted by Crippen LogP contribution is 2.20. The lowest BCUT2D eigenvalue weighted by Gasteiger charge is -2.03. The van der Waals surface area contributed by atoms with Crippen molar-refractivity contribution < 1.29 is 9.72 Å². The molecule has 1 aromatic carbocycles. The monoisotopic (exact) mass is 294 g/mol. The second-order valence-corrected chi connectivity index (χ2v) is 4.42. The molecule has 2 rings (SSSR count). The first-order chi connectivity index (χ1) is 9.56. The lowest BCUT2D eigenvalue weighted by molar-refractivity contribution is -0.389. The Morgan fingerprint density at radius 2 is 2.10 bits per heavy atom. The molecule has 0 saturated carbocycles. The topological polar surface area (TPSA) is 90.1 Å². The zero-order valence-electron chi connectivity index (χ0n) is 10.3. The van der Waals surface area contributed by atoms with Gasteiger partial charge in [0.2, 0.25) is 5.91 Å². The van der Waals surface area contributed by atoms with Crippen molar-refractivity contribution in [1.82, 2.24) is 15.1 Å². The third-order valence-corrected chi connectivity index (χ3v) is 2.78. The minimum atomic E-state index is -0.694. The minimum Gasteiger partial charge on any atom is -0.358 e. The molecule has 0 aliphatic carbocycles. The fraction of sp³-hybridized carbons (Fsp3) is 0.167. The van der Waals surface area contributed by atoms with Gasteiger partial charge in [-0.3, -0.25) is 4.79 Å². The van der Waals surface area contributed by atoms with Crippen LogP contribution in [0.25, 0.3) is 0 Å². The van der Waals surface area contributed by atoms with E-state index in [0.29, 0.717) is 6.54 Å². The molecule has 20 heavy (non-hydrogen) atoms. The van der Waals surface area contributed by atoms with Crippen LogP contribution in [0, 0.1) is 10.1 Å².